The molecule has 0 heterocycles. The van der Waals surface area contributed by atoms with E-state index in [0.29, 0.717) is 6.42 Å². The first-order valence-corrected chi connectivity index (χ1v) is 13.0. The zero-order chi connectivity index (χ0) is 22.7. The van der Waals surface area contributed by atoms with Gasteiger partial charge in [-0.15, -0.1) is 0 Å². The first kappa shape index (κ1) is 29.3. The van der Waals surface area contributed by atoms with Crippen molar-refractivity contribution in [2.24, 2.45) is 0 Å². The van der Waals surface area contributed by atoms with E-state index in [1.165, 1.54) is 58.3 Å². The maximum atomic E-state index is 12.0. The molecule has 30 heavy (non-hydrogen) atoms. The molecular weight excluding hydrogens is 405 g/mol. The molecule has 0 bridgehead atoms. The van der Waals surface area contributed by atoms with Crippen molar-refractivity contribution in [3.05, 3.63) is 12.2 Å². The number of phosphoric acid groups is 1. The zero-order valence-corrected chi connectivity index (χ0v) is 19.9. The molecule has 8 heteroatoms. The summed E-state index contributed by atoms with van der Waals surface area (Å²) in [6, 6.07) is 0. The number of allylic oxidation sites excluding steroid dienone is 2. The minimum atomic E-state index is -4.64. The Morgan fingerprint density at radius 2 is 1.43 bits per heavy atom. The van der Waals surface area contributed by atoms with Gasteiger partial charge in [-0.05, 0) is 39.0 Å². The highest BCUT2D eigenvalue weighted by Gasteiger charge is 2.29. The quantitative estimate of drug-likeness (QED) is 0.118. The summed E-state index contributed by atoms with van der Waals surface area (Å²) in [5.74, 6) is -0.251. The largest absolute Gasteiger partial charge is 0.469 e. The summed E-state index contributed by atoms with van der Waals surface area (Å²) < 4.78 is 15.2. The lowest BCUT2D eigenvalue weighted by Gasteiger charge is -2.28. The van der Waals surface area contributed by atoms with Crippen molar-refractivity contribution in [2.75, 3.05) is 13.2 Å². The van der Waals surface area contributed by atoms with Crippen LogP contribution in [-0.4, -0.2) is 39.6 Å². The van der Waals surface area contributed by atoms with Crippen molar-refractivity contribution in [1.82, 2.24) is 5.32 Å². The van der Waals surface area contributed by atoms with Gasteiger partial charge in [-0.25, -0.2) is 4.57 Å². The van der Waals surface area contributed by atoms with Gasteiger partial charge in [0.15, 0.2) is 0 Å². The van der Waals surface area contributed by atoms with E-state index in [1.54, 1.807) is 0 Å². The van der Waals surface area contributed by atoms with Crippen LogP contribution in [0, 0.1) is 0 Å². The van der Waals surface area contributed by atoms with Crippen LogP contribution in [0.2, 0.25) is 0 Å². The molecule has 0 rings (SSSR count). The Bertz CT molecular complexity index is 508. The predicted molar refractivity (Wildman–Crippen MR) is 121 cm³/mol. The number of aliphatic hydroxyl groups excluding tert-OH is 1. The highest BCUT2D eigenvalue weighted by molar-refractivity contribution is 7.46. The average Bonchev–Trinajstić information content (AvgIpc) is 2.69. The third kappa shape index (κ3) is 19.3. The van der Waals surface area contributed by atoms with E-state index in [-0.39, 0.29) is 5.91 Å². The number of amides is 1. The van der Waals surface area contributed by atoms with E-state index in [4.69, 9.17) is 9.79 Å². The summed E-state index contributed by atoms with van der Waals surface area (Å²) in [4.78, 5) is 29.5. The van der Waals surface area contributed by atoms with Crippen molar-refractivity contribution < 1.29 is 28.8 Å². The van der Waals surface area contributed by atoms with Crippen molar-refractivity contribution in [1.29, 1.82) is 0 Å². The van der Waals surface area contributed by atoms with Gasteiger partial charge >= 0.3 is 7.82 Å². The van der Waals surface area contributed by atoms with Crippen LogP contribution >= 0.6 is 7.82 Å². The Hall–Kier alpha value is -0.720. The highest BCUT2D eigenvalue weighted by Crippen LogP contribution is 2.36. The normalized spacial score (nSPS) is 14.2. The van der Waals surface area contributed by atoms with Gasteiger partial charge in [0, 0.05) is 6.42 Å². The van der Waals surface area contributed by atoms with E-state index in [0.717, 1.165) is 32.1 Å². The molecule has 0 aromatic heterocycles. The number of unbranched alkanes of at least 4 members (excludes halogenated alkanes) is 11. The summed E-state index contributed by atoms with van der Waals surface area (Å²) in [7, 11) is -4.64. The van der Waals surface area contributed by atoms with Crippen molar-refractivity contribution in [3.63, 3.8) is 0 Å². The maximum Gasteiger partial charge on any atom is 0.469 e. The van der Waals surface area contributed by atoms with Gasteiger partial charge < -0.3 is 20.2 Å². The molecule has 0 fully saturated rings. The Balaban J connectivity index is 3.64. The number of aliphatic hydroxyl groups is 1. The van der Waals surface area contributed by atoms with Crippen LogP contribution in [0.3, 0.4) is 0 Å². The van der Waals surface area contributed by atoms with E-state index in [1.807, 2.05) is 0 Å². The molecule has 0 spiro atoms. The molecule has 0 aromatic carbocycles. The second-order valence-electron chi connectivity index (χ2n) is 8.37. The summed E-state index contributed by atoms with van der Waals surface area (Å²) in [6.45, 7) is 2.81. The number of hydrogen-bond acceptors (Lipinski definition) is 4. The standard InChI is InChI=1S/C22H44NO6P/c1-3-4-5-6-7-8-9-10-11-12-13-14-15-16-17-18-21(25)23-22(2,19-24)20-29-30(26,27)28/h10-11,24H,3-9,12-20H2,1-2H3,(H,23,25)(H2,26,27,28). The smallest absolute Gasteiger partial charge is 0.394 e. The number of carbonyl (C=O) groups excluding carboxylic acids is 1. The fraction of sp³-hybridized carbons (Fsp3) is 0.864. The van der Waals surface area contributed by atoms with Gasteiger partial charge in [0.1, 0.15) is 0 Å². The van der Waals surface area contributed by atoms with Crippen LogP contribution in [0.25, 0.3) is 0 Å². The molecule has 1 unspecified atom stereocenters. The van der Waals surface area contributed by atoms with E-state index in [2.05, 4.69) is 28.9 Å². The summed E-state index contributed by atoms with van der Waals surface area (Å²) in [6.07, 6.45) is 20.3. The molecule has 1 amide bonds. The minimum absolute atomic E-state index is 0.251. The second-order valence-corrected chi connectivity index (χ2v) is 9.60. The fourth-order valence-corrected chi connectivity index (χ4v) is 3.56. The molecule has 0 aliphatic carbocycles. The summed E-state index contributed by atoms with van der Waals surface area (Å²) >= 11 is 0. The van der Waals surface area contributed by atoms with Gasteiger partial charge in [-0.2, -0.15) is 0 Å². The number of nitrogens with one attached hydrogen (secondary N) is 1. The monoisotopic (exact) mass is 449 g/mol. The molecule has 178 valence electrons. The molecule has 1 atom stereocenters. The van der Waals surface area contributed by atoms with Crippen LogP contribution in [-0.2, 0) is 13.9 Å². The van der Waals surface area contributed by atoms with E-state index < -0.39 is 26.6 Å². The van der Waals surface area contributed by atoms with Crippen molar-refractivity contribution in [2.45, 2.75) is 109 Å². The van der Waals surface area contributed by atoms with Gasteiger partial charge in [0.2, 0.25) is 5.91 Å². The van der Waals surface area contributed by atoms with Gasteiger partial charge in [-0.1, -0.05) is 70.4 Å². The first-order chi connectivity index (χ1) is 14.2. The number of hydrogen-bond donors (Lipinski definition) is 4. The van der Waals surface area contributed by atoms with Crippen LogP contribution in [0.15, 0.2) is 12.2 Å². The molecule has 0 radical (unpaired) electrons. The third-order valence-electron chi connectivity index (χ3n) is 5.01. The molecule has 0 aliphatic heterocycles. The topological polar surface area (TPSA) is 116 Å². The Morgan fingerprint density at radius 1 is 0.933 bits per heavy atom. The molecule has 7 nitrogen and oxygen atoms in total. The van der Waals surface area contributed by atoms with Crippen LogP contribution in [0.4, 0.5) is 0 Å². The molecular formula is C22H44NO6P. The Labute approximate surface area is 182 Å². The maximum absolute atomic E-state index is 12.0. The van der Waals surface area contributed by atoms with Gasteiger partial charge in [0.05, 0.1) is 18.8 Å². The second kappa shape index (κ2) is 17.9. The molecule has 0 saturated carbocycles. The molecule has 4 N–H and O–H groups in total. The highest BCUT2D eigenvalue weighted by atomic mass is 31.2. The third-order valence-corrected chi connectivity index (χ3v) is 5.47. The Kier molecular flexibility index (Phi) is 17.5. The minimum Gasteiger partial charge on any atom is -0.394 e. The lowest BCUT2D eigenvalue weighted by Crippen LogP contribution is -2.52. The zero-order valence-electron chi connectivity index (χ0n) is 19.0. The molecule has 0 aliphatic rings. The average molecular weight is 450 g/mol. The van der Waals surface area contributed by atoms with E-state index in [9.17, 15) is 14.5 Å². The van der Waals surface area contributed by atoms with Crippen molar-refractivity contribution >= 4 is 13.7 Å². The summed E-state index contributed by atoms with van der Waals surface area (Å²) in [5, 5.41) is 12.0. The number of phosphoric ester groups is 1. The molecule has 0 aromatic rings. The fourth-order valence-electron chi connectivity index (χ4n) is 3.10. The Morgan fingerprint density at radius 3 is 1.93 bits per heavy atom. The van der Waals surface area contributed by atoms with Crippen LogP contribution in [0.5, 0.6) is 0 Å². The van der Waals surface area contributed by atoms with E-state index >= 15 is 0 Å². The lowest BCUT2D eigenvalue weighted by atomic mass is 10.0. The van der Waals surface area contributed by atoms with Crippen molar-refractivity contribution in [3.8, 4) is 0 Å². The number of rotatable bonds is 20. The van der Waals surface area contributed by atoms with Crippen LogP contribution < -0.4 is 5.32 Å². The molecule has 0 saturated heterocycles. The predicted octanol–water partition coefficient (Wildman–Crippen LogP) is 5.00. The van der Waals surface area contributed by atoms with Gasteiger partial charge in [0.25, 0.3) is 0 Å². The lowest BCUT2D eigenvalue weighted by molar-refractivity contribution is -0.124. The SMILES string of the molecule is CCCCCCCCC=CCCCCCCCC(=O)NC(C)(CO)COP(=O)(O)O. The van der Waals surface area contributed by atoms with Crippen LogP contribution in [0.1, 0.15) is 104 Å². The number of carbonyl (C=O) groups is 1. The summed E-state index contributed by atoms with van der Waals surface area (Å²) in [5.41, 5.74) is -1.21. The van der Waals surface area contributed by atoms with Gasteiger partial charge in [-0.3, -0.25) is 9.32 Å². The first-order valence-electron chi connectivity index (χ1n) is 11.5.